The van der Waals surface area contributed by atoms with Crippen LogP contribution in [0.2, 0.25) is 5.02 Å². The lowest BCUT2D eigenvalue weighted by Gasteiger charge is -2.28. The molecule has 0 unspecified atom stereocenters. The molecule has 3 rings (SSSR count). The fourth-order valence-corrected chi connectivity index (χ4v) is 4.02. The lowest BCUT2D eigenvalue weighted by atomic mass is 9.88. The van der Waals surface area contributed by atoms with Gasteiger partial charge >= 0.3 is 6.03 Å². The summed E-state index contributed by atoms with van der Waals surface area (Å²) in [5.74, 6) is 0.631. The first kappa shape index (κ1) is 22.9. The van der Waals surface area contributed by atoms with E-state index in [1.807, 2.05) is 41.3 Å². The molecule has 0 spiro atoms. The molecule has 0 saturated heterocycles. The number of nitrogens with one attached hydrogen (secondary N) is 1. The van der Waals surface area contributed by atoms with Gasteiger partial charge in [-0.3, -0.25) is 0 Å². The van der Waals surface area contributed by atoms with Crippen LogP contribution in [-0.2, 0) is 6.54 Å². The highest BCUT2D eigenvalue weighted by Crippen LogP contribution is 2.28. The van der Waals surface area contributed by atoms with Crippen LogP contribution in [0.5, 0.6) is 0 Å². The maximum atomic E-state index is 13.0. The number of rotatable bonds is 9. The fourth-order valence-electron chi connectivity index (χ4n) is 3.82. The molecule has 0 bridgehead atoms. The lowest BCUT2D eigenvalue weighted by molar-refractivity contribution is 0.188. The van der Waals surface area contributed by atoms with E-state index in [0.29, 0.717) is 30.6 Å². The highest BCUT2D eigenvalue weighted by molar-refractivity contribution is 6.31. The molecule has 31 heavy (non-hydrogen) atoms. The number of urea groups is 1. The fraction of sp³-hybridized carbons (Fsp3) is 0.296. The number of carbonyl (C=O) groups is 1. The molecule has 4 heteroatoms. The van der Waals surface area contributed by atoms with Crippen molar-refractivity contribution in [3.05, 3.63) is 107 Å². The minimum atomic E-state index is -0.0477. The van der Waals surface area contributed by atoms with Gasteiger partial charge in [0.15, 0.2) is 0 Å². The van der Waals surface area contributed by atoms with Crippen molar-refractivity contribution in [2.75, 3.05) is 13.1 Å². The topological polar surface area (TPSA) is 32.3 Å². The molecular formula is C27H31ClN2O. The van der Waals surface area contributed by atoms with Crippen molar-refractivity contribution in [1.82, 2.24) is 10.2 Å². The van der Waals surface area contributed by atoms with Crippen LogP contribution in [0.4, 0.5) is 4.79 Å². The minimum Gasteiger partial charge on any atom is -0.334 e. The van der Waals surface area contributed by atoms with Crippen LogP contribution in [0, 0.1) is 5.92 Å². The Labute approximate surface area is 191 Å². The molecule has 0 atom stereocenters. The van der Waals surface area contributed by atoms with E-state index in [1.54, 1.807) is 0 Å². The Hall–Kier alpha value is -2.78. The number of hydrogen-bond donors (Lipinski definition) is 1. The summed E-state index contributed by atoms with van der Waals surface area (Å²) in [7, 11) is 0. The van der Waals surface area contributed by atoms with Crippen LogP contribution in [0.1, 0.15) is 42.9 Å². The Balaban J connectivity index is 1.71. The highest BCUT2D eigenvalue weighted by Gasteiger charge is 2.19. The second kappa shape index (κ2) is 11.6. The van der Waals surface area contributed by atoms with Crippen LogP contribution < -0.4 is 5.32 Å². The minimum absolute atomic E-state index is 0.0477. The summed E-state index contributed by atoms with van der Waals surface area (Å²) < 4.78 is 0. The van der Waals surface area contributed by atoms with E-state index in [4.69, 9.17) is 11.6 Å². The summed E-state index contributed by atoms with van der Waals surface area (Å²) in [6.45, 7) is 6.10. The van der Waals surface area contributed by atoms with Crippen molar-refractivity contribution in [3.63, 3.8) is 0 Å². The molecule has 0 aromatic heterocycles. The zero-order valence-corrected chi connectivity index (χ0v) is 19.1. The van der Waals surface area contributed by atoms with Crippen LogP contribution in [0.15, 0.2) is 84.9 Å². The maximum Gasteiger partial charge on any atom is 0.317 e. The standard InChI is InChI=1S/C27H31ClN2O/c1-21(2)20-30(27(31)29-19-24-15-9-10-16-26(24)28)18-17-25(22-11-5-3-6-12-22)23-13-7-4-8-14-23/h3-16,21,25H,17-20H2,1-2H3,(H,29,31). The van der Waals surface area contributed by atoms with Gasteiger partial charge in [-0.1, -0.05) is 104 Å². The number of halogens is 1. The molecule has 0 heterocycles. The molecule has 3 aromatic carbocycles. The summed E-state index contributed by atoms with van der Waals surface area (Å²) in [5, 5.41) is 3.72. The van der Waals surface area contributed by atoms with Crippen LogP contribution in [-0.4, -0.2) is 24.0 Å². The first-order valence-corrected chi connectivity index (χ1v) is 11.3. The number of benzene rings is 3. The van der Waals surface area contributed by atoms with Crippen molar-refractivity contribution >= 4 is 17.6 Å². The Morgan fingerprint density at radius 2 is 1.42 bits per heavy atom. The lowest BCUT2D eigenvalue weighted by Crippen LogP contribution is -2.42. The van der Waals surface area contributed by atoms with E-state index in [-0.39, 0.29) is 11.9 Å². The number of hydrogen-bond acceptors (Lipinski definition) is 1. The molecule has 1 N–H and O–H groups in total. The van der Waals surface area contributed by atoms with Gasteiger partial charge in [-0.2, -0.15) is 0 Å². The molecule has 0 fully saturated rings. The van der Waals surface area contributed by atoms with E-state index in [9.17, 15) is 4.79 Å². The predicted molar refractivity (Wildman–Crippen MR) is 129 cm³/mol. The average Bonchev–Trinajstić information content (AvgIpc) is 2.79. The normalized spacial score (nSPS) is 11.0. The number of amides is 2. The molecule has 3 aromatic rings. The Morgan fingerprint density at radius 1 is 0.871 bits per heavy atom. The van der Waals surface area contributed by atoms with E-state index in [0.717, 1.165) is 12.0 Å². The molecule has 0 radical (unpaired) electrons. The van der Waals surface area contributed by atoms with E-state index in [2.05, 4.69) is 67.7 Å². The van der Waals surface area contributed by atoms with Gasteiger partial charge < -0.3 is 10.2 Å². The van der Waals surface area contributed by atoms with Crippen molar-refractivity contribution in [1.29, 1.82) is 0 Å². The van der Waals surface area contributed by atoms with Gasteiger partial charge in [0.05, 0.1) is 0 Å². The zero-order valence-electron chi connectivity index (χ0n) is 18.3. The van der Waals surface area contributed by atoms with Crippen molar-refractivity contribution in [2.24, 2.45) is 5.92 Å². The van der Waals surface area contributed by atoms with Gasteiger partial charge in [0, 0.05) is 30.6 Å². The van der Waals surface area contributed by atoms with Gasteiger partial charge in [0.1, 0.15) is 0 Å². The molecule has 2 amide bonds. The molecule has 0 saturated carbocycles. The zero-order chi connectivity index (χ0) is 22.1. The SMILES string of the molecule is CC(C)CN(CCC(c1ccccc1)c1ccccc1)C(=O)NCc1ccccc1Cl. The summed E-state index contributed by atoms with van der Waals surface area (Å²) in [4.78, 5) is 15.0. The monoisotopic (exact) mass is 434 g/mol. The maximum absolute atomic E-state index is 13.0. The quantitative estimate of drug-likeness (QED) is 0.397. The van der Waals surface area contributed by atoms with Crippen molar-refractivity contribution in [2.45, 2.75) is 32.7 Å². The van der Waals surface area contributed by atoms with Crippen LogP contribution in [0.3, 0.4) is 0 Å². The predicted octanol–water partition coefficient (Wildman–Crippen LogP) is 6.73. The third-order valence-corrected chi connectivity index (χ3v) is 5.72. The van der Waals surface area contributed by atoms with Crippen LogP contribution >= 0.6 is 11.6 Å². The molecule has 0 aliphatic carbocycles. The smallest absolute Gasteiger partial charge is 0.317 e. The first-order valence-electron chi connectivity index (χ1n) is 10.9. The van der Waals surface area contributed by atoms with Gasteiger partial charge in [-0.25, -0.2) is 4.79 Å². The van der Waals surface area contributed by atoms with Crippen molar-refractivity contribution < 1.29 is 4.79 Å². The van der Waals surface area contributed by atoms with Gasteiger partial charge in [-0.05, 0) is 35.1 Å². The third kappa shape index (κ3) is 6.86. The van der Waals surface area contributed by atoms with Crippen molar-refractivity contribution in [3.8, 4) is 0 Å². The van der Waals surface area contributed by atoms with Crippen LogP contribution in [0.25, 0.3) is 0 Å². The average molecular weight is 435 g/mol. The van der Waals surface area contributed by atoms with Gasteiger partial charge in [-0.15, -0.1) is 0 Å². The van der Waals surface area contributed by atoms with E-state index in [1.165, 1.54) is 11.1 Å². The summed E-state index contributed by atoms with van der Waals surface area (Å²) in [6.07, 6.45) is 0.861. The second-order valence-electron chi connectivity index (χ2n) is 8.25. The first-order chi connectivity index (χ1) is 15.0. The summed E-state index contributed by atoms with van der Waals surface area (Å²) in [5.41, 5.74) is 3.47. The van der Waals surface area contributed by atoms with E-state index < -0.39 is 0 Å². The van der Waals surface area contributed by atoms with E-state index >= 15 is 0 Å². The molecule has 0 aliphatic heterocycles. The number of carbonyl (C=O) groups excluding carboxylic acids is 1. The molecule has 0 aliphatic rings. The summed E-state index contributed by atoms with van der Waals surface area (Å²) in [6, 6.07) is 28.6. The molecular weight excluding hydrogens is 404 g/mol. The highest BCUT2D eigenvalue weighted by atomic mass is 35.5. The Morgan fingerprint density at radius 3 is 1.97 bits per heavy atom. The third-order valence-electron chi connectivity index (χ3n) is 5.35. The summed E-state index contributed by atoms with van der Waals surface area (Å²) >= 11 is 6.25. The largest absolute Gasteiger partial charge is 0.334 e. The Kier molecular flexibility index (Phi) is 8.54. The number of nitrogens with zero attached hydrogens (tertiary/aromatic N) is 1. The molecule has 3 nitrogen and oxygen atoms in total. The second-order valence-corrected chi connectivity index (χ2v) is 8.66. The van der Waals surface area contributed by atoms with Gasteiger partial charge in [0.25, 0.3) is 0 Å². The Bertz CT molecular complexity index is 904. The van der Waals surface area contributed by atoms with Gasteiger partial charge in [0.2, 0.25) is 0 Å². The molecule has 162 valence electrons.